The van der Waals surface area contributed by atoms with Gasteiger partial charge in [0.2, 0.25) is 5.75 Å². The molecule has 178 valence electrons. The summed E-state index contributed by atoms with van der Waals surface area (Å²) in [6.45, 7) is 0.858. The predicted molar refractivity (Wildman–Crippen MR) is 113 cm³/mol. The Labute approximate surface area is 195 Å². The molecule has 34 heavy (non-hydrogen) atoms. The molecule has 0 fully saturated rings. The van der Waals surface area contributed by atoms with Crippen LogP contribution in [0.25, 0.3) is 0 Å². The van der Waals surface area contributed by atoms with Crippen LogP contribution in [0.1, 0.15) is 34.7 Å². The maximum atomic E-state index is 13.5. The molecule has 0 aliphatic heterocycles. The minimum atomic E-state index is -5.05. The zero-order valence-electron chi connectivity index (χ0n) is 17.0. The summed E-state index contributed by atoms with van der Waals surface area (Å²) >= 11 is 3.47. The lowest BCUT2D eigenvalue weighted by atomic mass is 10.2. The lowest BCUT2D eigenvalue weighted by Crippen LogP contribution is -2.28. The van der Waals surface area contributed by atoms with E-state index in [1.165, 1.54) is 13.0 Å². The zero-order valence-corrected chi connectivity index (χ0v) is 18.5. The van der Waals surface area contributed by atoms with Gasteiger partial charge in [-0.2, -0.15) is 23.5 Å². The van der Waals surface area contributed by atoms with E-state index in [4.69, 9.17) is 21.6 Å². The third-order valence-corrected chi connectivity index (χ3v) is 5.52. The fourth-order valence-electron chi connectivity index (χ4n) is 2.81. The Balaban J connectivity index is 2.08. The number of nitrogens with one attached hydrogen (secondary N) is 1. The third-order valence-electron chi connectivity index (χ3n) is 4.44. The molecule has 2 aromatic heterocycles. The highest BCUT2D eigenvalue weighted by molar-refractivity contribution is 7.79. The van der Waals surface area contributed by atoms with Crippen LogP contribution in [0.5, 0.6) is 11.5 Å². The number of rotatable bonds is 6. The number of H-pyrrole nitrogens is 1. The van der Waals surface area contributed by atoms with Crippen molar-refractivity contribution in [2.75, 3.05) is 0 Å². The number of benzene rings is 1. The van der Waals surface area contributed by atoms with Crippen molar-refractivity contribution in [3.8, 4) is 17.6 Å². The molecule has 2 heterocycles. The van der Waals surface area contributed by atoms with Crippen molar-refractivity contribution in [3.63, 3.8) is 0 Å². The molecule has 2 N–H and O–H groups in total. The number of halogens is 4. The van der Waals surface area contributed by atoms with Gasteiger partial charge in [0, 0.05) is 10.6 Å². The highest BCUT2D eigenvalue weighted by Gasteiger charge is 2.38. The summed E-state index contributed by atoms with van der Waals surface area (Å²) in [5, 5.41) is 13.7. The zero-order chi connectivity index (χ0) is 25.2. The molecule has 15 heteroatoms. The van der Waals surface area contributed by atoms with Crippen molar-refractivity contribution in [2.24, 2.45) is 0 Å². The van der Waals surface area contributed by atoms with E-state index in [1.54, 1.807) is 6.07 Å². The fraction of sp³-hybridized carbons (Fsp3) is 0.211. The molecule has 0 spiro atoms. The Hall–Kier alpha value is -3.54. The first kappa shape index (κ1) is 25.1. The maximum absolute atomic E-state index is 13.5. The van der Waals surface area contributed by atoms with Crippen LogP contribution >= 0.6 is 11.6 Å². The molecule has 0 aliphatic carbocycles. The molecule has 0 radical (unpaired) electrons. The number of hydrogen-bond donors (Lipinski definition) is 2. The molecule has 0 saturated carbocycles. The topological polar surface area (TPSA) is 151 Å². The highest BCUT2D eigenvalue weighted by atomic mass is 35.5. The van der Waals surface area contributed by atoms with Gasteiger partial charge in [0.1, 0.15) is 5.75 Å². The number of nitrogens with zero attached hydrogens (tertiary/aromatic N) is 4. The minimum absolute atomic E-state index is 0.00368. The third kappa shape index (κ3) is 5.50. The average molecular weight is 516 g/mol. The summed E-state index contributed by atoms with van der Waals surface area (Å²) < 4.78 is 67.0. The molecular weight excluding hydrogens is 503 g/mol. The molecular formula is C19H13ClF3N5O5S. The van der Waals surface area contributed by atoms with E-state index in [9.17, 15) is 31.5 Å². The second-order valence-corrected chi connectivity index (χ2v) is 8.50. The lowest BCUT2D eigenvalue weighted by Gasteiger charge is -2.15. The van der Waals surface area contributed by atoms with Crippen LogP contribution in [-0.4, -0.2) is 28.5 Å². The molecule has 3 rings (SSSR count). The average Bonchev–Trinajstić information content (AvgIpc) is 2.75. The van der Waals surface area contributed by atoms with Gasteiger partial charge in [0.25, 0.3) is 11.1 Å². The van der Waals surface area contributed by atoms with E-state index < -0.39 is 51.6 Å². The molecule has 0 saturated heterocycles. The second-order valence-electron chi connectivity index (χ2n) is 6.80. The molecule has 2 atom stereocenters. The van der Waals surface area contributed by atoms with Crippen molar-refractivity contribution >= 4 is 22.7 Å². The summed E-state index contributed by atoms with van der Waals surface area (Å²) in [5.41, 5.74) is -3.72. The summed E-state index contributed by atoms with van der Waals surface area (Å²) in [4.78, 5) is 28.1. The Morgan fingerprint density at radius 2 is 2.03 bits per heavy atom. The number of ether oxygens (including phenoxy) is 1. The first-order valence-electron chi connectivity index (χ1n) is 9.14. The summed E-state index contributed by atoms with van der Waals surface area (Å²) in [5.74, 6) is -1.47. The van der Waals surface area contributed by atoms with Crippen molar-refractivity contribution in [1.29, 1.82) is 5.26 Å². The fourth-order valence-corrected chi connectivity index (χ4v) is 3.43. The van der Waals surface area contributed by atoms with Crippen molar-refractivity contribution in [2.45, 2.75) is 24.9 Å². The molecule has 0 aliphatic rings. The number of alkyl halides is 3. The van der Waals surface area contributed by atoms with Gasteiger partial charge in [-0.1, -0.05) is 11.6 Å². The molecule has 0 bridgehead atoms. The lowest BCUT2D eigenvalue weighted by molar-refractivity contribution is -0.142. The minimum Gasteiger partial charge on any atom is -0.449 e. The standard InChI is InChI=1S/C19H13ClF3N5O5S/c1-9(34(31)32)14-5-12(26-27-17(14)29)7-28-8-25-16(19(21,22)23)15(18(28)30)33-13-3-10(6-24)2-11(20)4-13/h2-5,8-9H,7H2,1H3,(H,27,29)(H,31,32). The van der Waals surface area contributed by atoms with Crippen molar-refractivity contribution in [3.05, 3.63) is 78.8 Å². The van der Waals surface area contributed by atoms with Crippen molar-refractivity contribution in [1.82, 2.24) is 19.7 Å². The second kappa shape index (κ2) is 9.75. The van der Waals surface area contributed by atoms with Gasteiger partial charge in [0.05, 0.1) is 35.4 Å². The van der Waals surface area contributed by atoms with Crippen molar-refractivity contribution < 1.29 is 26.7 Å². The van der Waals surface area contributed by atoms with Crippen LogP contribution in [0, 0.1) is 11.3 Å². The van der Waals surface area contributed by atoms with E-state index in [1.807, 2.05) is 0 Å². The van der Waals surface area contributed by atoms with Gasteiger partial charge in [0.15, 0.2) is 16.8 Å². The highest BCUT2D eigenvalue weighted by Crippen LogP contribution is 2.35. The van der Waals surface area contributed by atoms with Crippen LogP contribution in [0.3, 0.4) is 0 Å². The van der Waals surface area contributed by atoms with Crippen LogP contribution in [0.2, 0.25) is 5.02 Å². The SMILES string of the molecule is CC(c1cc(Cn2cnc(C(F)(F)F)c(Oc3cc(Cl)cc(C#N)c3)c2=O)n[nH]c1=O)S(=O)O. The smallest absolute Gasteiger partial charge is 0.437 e. The monoisotopic (exact) mass is 515 g/mol. The first-order chi connectivity index (χ1) is 15.9. The number of nitriles is 1. The number of hydrogen-bond acceptors (Lipinski definition) is 7. The number of aromatic nitrogens is 4. The first-order valence-corrected chi connectivity index (χ1v) is 10.7. The predicted octanol–water partition coefficient (Wildman–Crippen LogP) is 2.99. The van der Waals surface area contributed by atoms with Crippen LogP contribution in [0.4, 0.5) is 13.2 Å². The molecule has 10 nitrogen and oxygen atoms in total. The van der Waals surface area contributed by atoms with Gasteiger partial charge in [-0.3, -0.25) is 14.2 Å². The van der Waals surface area contributed by atoms with E-state index in [0.29, 0.717) is 6.33 Å². The van der Waals surface area contributed by atoms with Crippen LogP contribution in [-0.2, 0) is 23.8 Å². The summed E-state index contributed by atoms with van der Waals surface area (Å²) in [7, 11) is 0. The van der Waals surface area contributed by atoms with E-state index in [2.05, 4.69) is 15.2 Å². The van der Waals surface area contributed by atoms with E-state index >= 15 is 0 Å². The Morgan fingerprint density at radius 1 is 1.32 bits per heavy atom. The van der Waals surface area contributed by atoms with Gasteiger partial charge >= 0.3 is 6.18 Å². The molecule has 2 unspecified atom stereocenters. The maximum Gasteiger partial charge on any atom is 0.437 e. The quantitative estimate of drug-likeness (QED) is 0.475. The van der Waals surface area contributed by atoms with Gasteiger partial charge in [-0.05, 0) is 31.2 Å². The molecule has 1 aromatic carbocycles. The normalized spacial score (nSPS) is 13.2. The summed E-state index contributed by atoms with van der Waals surface area (Å²) in [6.07, 6.45) is -4.43. The van der Waals surface area contributed by atoms with Gasteiger partial charge in [-0.15, -0.1) is 0 Å². The van der Waals surface area contributed by atoms with E-state index in [-0.39, 0.29) is 27.6 Å². The Morgan fingerprint density at radius 3 is 2.65 bits per heavy atom. The molecule has 3 aromatic rings. The van der Waals surface area contributed by atoms with E-state index in [0.717, 1.165) is 22.8 Å². The van der Waals surface area contributed by atoms with Crippen LogP contribution in [0.15, 0.2) is 40.2 Å². The molecule has 0 amide bonds. The summed E-state index contributed by atoms with van der Waals surface area (Å²) in [6, 6.07) is 6.37. The Bertz CT molecular complexity index is 1430. The number of aromatic amines is 1. The van der Waals surface area contributed by atoms with Crippen LogP contribution < -0.4 is 15.9 Å². The van der Waals surface area contributed by atoms with Gasteiger partial charge in [-0.25, -0.2) is 14.3 Å². The van der Waals surface area contributed by atoms with Gasteiger partial charge < -0.3 is 9.29 Å². The Kier molecular flexibility index (Phi) is 7.20. The largest absolute Gasteiger partial charge is 0.449 e.